The Morgan fingerprint density at radius 1 is 1.18 bits per heavy atom. The predicted molar refractivity (Wildman–Crippen MR) is 82.5 cm³/mol. The predicted octanol–water partition coefficient (Wildman–Crippen LogP) is 1.79. The quantitative estimate of drug-likeness (QED) is 0.797. The van der Waals surface area contributed by atoms with E-state index in [2.05, 4.69) is 5.10 Å². The maximum atomic E-state index is 10.8. The minimum atomic E-state index is -1.21. The van der Waals surface area contributed by atoms with E-state index in [1.54, 1.807) is 23.0 Å². The van der Waals surface area contributed by atoms with E-state index in [4.69, 9.17) is 5.73 Å². The van der Waals surface area contributed by atoms with Gasteiger partial charge in [-0.25, -0.2) is 4.68 Å². The first kappa shape index (κ1) is 13.9. The van der Waals surface area contributed by atoms with Gasteiger partial charge in [0, 0.05) is 5.56 Å². The first-order valence-corrected chi connectivity index (χ1v) is 6.78. The molecule has 5 heteroatoms. The van der Waals surface area contributed by atoms with Gasteiger partial charge < -0.3 is 15.6 Å². The van der Waals surface area contributed by atoms with Crippen LogP contribution in [-0.2, 0) is 0 Å². The SMILES string of the molecule is Cc1cccc(-c2cnn(-c3ccc(C(=O)[O-])cc3)c2N)c1. The number of aromatic nitrogens is 2. The number of carbonyl (C=O) groups excluding carboxylic acids is 1. The molecule has 0 radical (unpaired) electrons. The van der Waals surface area contributed by atoms with E-state index in [0.717, 1.165) is 16.7 Å². The number of anilines is 1. The van der Waals surface area contributed by atoms with Crippen molar-refractivity contribution in [2.75, 3.05) is 5.73 Å². The van der Waals surface area contributed by atoms with Crippen molar-refractivity contribution in [2.45, 2.75) is 6.92 Å². The number of carboxylic acid groups (broad SMARTS) is 1. The summed E-state index contributed by atoms with van der Waals surface area (Å²) in [5, 5.41) is 15.1. The second-order valence-corrected chi connectivity index (χ2v) is 5.06. The van der Waals surface area contributed by atoms with Gasteiger partial charge in [0.1, 0.15) is 5.82 Å². The smallest absolute Gasteiger partial charge is 0.135 e. The fourth-order valence-electron chi connectivity index (χ4n) is 2.34. The van der Waals surface area contributed by atoms with E-state index in [0.29, 0.717) is 11.5 Å². The maximum Gasteiger partial charge on any atom is 0.135 e. The lowest BCUT2D eigenvalue weighted by Crippen LogP contribution is -2.22. The third kappa shape index (κ3) is 2.44. The first-order chi connectivity index (χ1) is 10.6. The molecule has 22 heavy (non-hydrogen) atoms. The third-order valence-corrected chi connectivity index (χ3v) is 3.48. The Kier molecular flexibility index (Phi) is 3.39. The molecular weight excluding hydrogens is 278 g/mol. The van der Waals surface area contributed by atoms with E-state index in [1.807, 2.05) is 31.2 Å². The summed E-state index contributed by atoms with van der Waals surface area (Å²) in [6.45, 7) is 2.02. The van der Waals surface area contributed by atoms with Crippen LogP contribution in [0, 0.1) is 6.92 Å². The number of benzene rings is 2. The van der Waals surface area contributed by atoms with Crippen LogP contribution in [0.1, 0.15) is 15.9 Å². The maximum absolute atomic E-state index is 10.8. The molecule has 0 spiro atoms. The molecule has 2 aromatic carbocycles. The van der Waals surface area contributed by atoms with Crippen molar-refractivity contribution >= 4 is 11.8 Å². The van der Waals surface area contributed by atoms with Crippen LogP contribution in [0.5, 0.6) is 0 Å². The monoisotopic (exact) mass is 292 g/mol. The summed E-state index contributed by atoms with van der Waals surface area (Å²) in [7, 11) is 0. The number of rotatable bonds is 3. The Bertz CT molecular complexity index is 835. The van der Waals surface area contributed by atoms with Crippen LogP contribution in [0.2, 0.25) is 0 Å². The van der Waals surface area contributed by atoms with Crippen LogP contribution >= 0.6 is 0 Å². The molecule has 3 aromatic rings. The lowest BCUT2D eigenvalue weighted by Gasteiger charge is -2.07. The van der Waals surface area contributed by atoms with Crippen molar-refractivity contribution in [3.8, 4) is 16.8 Å². The van der Waals surface area contributed by atoms with E-state index >= 15 is 0 Å². The summed E-state index contributed by atoms with van der Waals surface area (Å²) >= 11 is 0. The van der Waals surface area contributed by atoms with Crippen molar-refractivity contribution in [1.82, 2.24) is 9.78 Å². The highest BCUT2D eigenvalue weighted by atomic mass is 16.4. The number of aryl methyl sites for hydroxylation is 1. The second-order valence-electron chi connectivity index (χ2n) is 5.06. The van der Waals surface area contributed by atoms with Crippen molar-refractivity contribution < 1.29 is 9.90 Å². The molecule has 0 saturated carbocycles. The minimum Gasteiger partial charge on any atom is -0.545 e. The van der Waals surface area contributed by atoms with Gasteiger partial charge in [0.2, 0.25) is 0 Å². The zero-order valence-corrected chi connectivity index (χ0v) is 12.0. The van der Waals surface area contributed by atoms with Crippen LogP contribution in [0.25, 0.3) is 16.8 Å². The highest BCUT2D eigenvalue weighted by Crippen LogP contribution is 2.28. The number of aromatic carboxylic acids is 1. The van der Waals surface area contributed by atoms with Crippen LogP contribution in [-0.4, -0.2) is 15.7 Å². The van der Waals surface area contributed by atoms with Crippen LogP contribution < -0.4 is 10.8 Å². The standard InChI is InChI=1S/C17H15N3O2/c1-11-3-2-4-13(9-11)15-10-19-20(16(15)18)14-7-5-12(6-8-14)17(21)22/h2-10H,18H2,1H3,(H,21,22)/p-1. The molecular formula is C17H14N3O2-. The fraction of sp³-hybridized carbons (Fsp3) is 0.0588. The van der Waals surface area contributed by atoms with Gasteiger partial charge in [-0.1, -0.05) is 42.0 Å². The first-order valence-electron chi connectivity index (χ1n) is 6.78. The molecule has 1 heterocycles. The molecule has 0 aliphatic rings. The lowest BCUT2D eigenvalue weighted by molar-refractivity contribution is -0.255. The summed E-state index contributed by atoms with van der Waals surface area (Å²) in [6.07, 6.45) is 1.71. The number of hydrogen-bond acceptors (Lipinski definition) is 4. The van der Waals surface area contributed by atoms with Gasteiger partial charge in [0.15, 0.2) is 0 Å². The molecule has 110 valence electrons. The number of hydrogen-bond donors (Lipinski definition) is 1. The van der Waals surface area contributed by atoms with E-state index in [9.17, 15) is 9.90 Å². The Morgan fingerprint density at radius 2 is 1.91 bits per heavy atom. The Balaban J connectivity index is 2.01. The number of nitrogen functional groups attached to an aromatic ring is 1. The van der Waals surface area contributed by atoms with E-state index < -0.39 is 5.97 Å². The van der Waals surface area contributed by atoms with Crippen molar-refractivity contribution in [1.29, 1.82) is 0 Å². The third-order valence-electron chi connectivity index (χ3n) is 3.48. The van der Waals surface area contributed by atoms with Gasteiger partial charge >= 0.3 is 0 Å². The average molecular weight is 292 g/mol. The van der Waals surface area contributed by atoms with Crippen LogP contribution in [0.15, 0.2) is 54.7 Å². The average Bonchev–Trinajstić information content (AvgIpc) is 2.89. The summed E-state index contributed by atoms with van der Waals surface area (Å²) in [4.78, 5) is 10.8. The molecule has 0 amide bonds. The summed E-state index contributed by atoms with van der Waals surface area (Å²) < 4.78 is 1.58. The lowest BCUT2D eigenvalue weighted by atomic mass is 10.1. The normalized spacial score (nSPS) is 10.6. The summed E-state index contributed by atoms with van der Waals surface area (Å²) in [6, 6.07) is 14.2. The van der Waals surface area contributed by atoms with E-state index in [-0.39, 0.29) is 5.56 Å². The molecule has 0 atom stereocenters. The van der Waals surface area contributed by atoms with Gasteiger partial charge in [-0.2, -0.15) is 5.10 Å². The van der Waals surface area contributed by atoms with Crippen LogP contribution in [0.4, 0.5) is 5.82 Å². The van der Waals surface area contributed by atoms with Crippen molar-refractivity contribution in [3.63, 3.8) is 0 Å². The van der Waals surface area contributed by atoms with Crippen molar-refractivity contribution in [3.05, 3.63) is 65.9 Å². The molecule has 1 aromatic heterocycles. The van der Waals surface area contributed by atoms with Gasteiger partial charge in [0.25, 0.3) is 0 Å². The molecule has 0 bridgehead atoms. The zero-order chi connectivity index (χ0) is 15.7. The highest BCUT2D eigenvalue weighted by Gasteiger charge is 2.11. The molecule has 2 N–H and O–H groups in total. The Labute approximate surface area is 127 Å². The molecule has 3 rings (SSSR count). The Morgan fingerprint density at radius 3 is 2.55 bits per heavy atom. The number of carboxylic acids is 1. The minimum absolute atomic E-state index is 0.119. The molecule has 0 fully saturated rings. The van der Waals surface area contributed by atoms with Crippen LogP contribution in [0.3, 0.4) is 0 Å². The molecule has 0 unspecified atom stereocenters. The highest BCUT2D eigenvalue weighted by molar-refractivity contribution is 5.86. The fourth-order valence-corrected chi connectivity index (χ4v) is 2.34. The Hall–Kier alpha value is -3.08. The molecule has 0 aliphatic carbocycles. The number of nitrogens with two attached hydrogens (primary N) is 1. The second kappa shape index (κ2) is 5.37. The van der Waals surface area contributed by atoms with Gasteiger partial charge in [0.05, 0.1) is 17.9 Å². The molecule has 0 aliphatic heterocycles. The van der Waals surface area contributed by atoms with Gasteiger partial charge in [-0.3, -0.25) is 0 Å². The largest absolute Gasteiger partial charge is 0.545 e. The molecule has 5 nitrogen and oxygen atoms in total. The number of nitrogens with zero attached hydrogens (tertiary/aromatic N) is 2. The van der Waals surface area contributed by atoms with Crippen molar-refractivity contribution in [2.24, 2.45) is 0 Å². The number of carbonyl (C=O) groups is 1. The summed E-state index contributed by atoms with van der Waals surface area (Å²) in [5.41, 5.74) is 9.98. The summed E-state index contributed by atoms with van der Waals surface area (Å²) in [5.74, 6) is -0.702. The van der Waals surface area contributed by atoms with Gasteiger partial charge in [-0.15, -0.1) is 0 Å². The van der Waals surface area contributed by atoms with Gasteiger partial charge in [-0.05, 0) is 30.2 Å². The topological polar surface area (TPSA) is 84.0 Å². The van der Waals surface area contributed by atoms with E-state index in [1.165, 1.54) is 12.1 Å². The molecule has 0 saturated heterocycles. The zero-order valence-electron chi connectivity index (χ0n) is 12.0.